The molecule has 194 valence electrons. The number of aromatic nitrogens is 2. The molecule has 1 heterocycles. The van der Waals surface area contributed by atoms with E-state index in [9.17, 15) is 18.0 Å². The van der Waals surface area contributed by atoms with Crippen LogP contribution in [0.5, 0.6) is 5.75 Å². The number of imidazole rings is 1. The van der Waals surface area contributed by atoms with Crippen LogP contribution >= 0.6 is 0 Å². The predicted molar refractivity (Wildman–Crippen MR) is 135 cm³/mol. The Morgan fingerprint density at radius 2 is 1.89 bits per heavy atom. The first-order chi connectivity index (χ1) is 16.8. The lowest BCUT2D eigenvalue weighted by Crippen LogP contribution is -2.30. The molecule has 3 aromatic rings. The van der Waals surface area contributed by atoms with Crippen LogP contribution in [0.2, 0.25) is 0 Å². The molecule has 1 N–H and O–H groups in total. The van der Waals surface area contributed by atoms with Crippen molar-refractivity contribution in [2.75, 3.05) is 18.9 Å². The highest BCUT2D eigenvalue weighted by molar-refractivity contribution is 5.97. The first kappa shape index (κ1) is 25.9. The zero-order valence-corrected chi connectivity index (χ0v) is 21.3. The predicted octanol–water partition coefficient (Wildman–Crippen LogP) is 7.16. The van der Waals surface area contributed by atoms with Crippen molar-refractivity contribution in [1.29, 1.82) is 0 Å². The Labute approximate surface area is 209 Å². The Bertz CT molecular complexity index is 1230. The number of halogens is 3. The average Bonchev–Trinajstić information content (AvgIpc) is 3.14. The highest BCUT2D eigenvalue weighted by Crippen LogP contribution is 2.46. The largest absolute Gasteiger partial charge is 0.573 e. The second-order valence-corrected chi connectivity index (χ2v) is 10.6. The van der Waals surface area contributed by atoms with E-state index in [2.05, 4.69) is 35.4 Å². The number of alkyl halides is 3. The van der Waals surface area contributed by atoms with Gasteiger partial charge in [0.1, 0.15) is 5.75 Å². The van der Waals surface area contributed by atoms with E-state index < -0.39 is 6.36 Å². The van der Waals surface area contributed by atoms with Crippen LogP contribution in [0.3, 0.4) is 0 Å². The normalized spacial score (nSPS) is 19.8. The Hall–Kier alpha value is -3.23. The van der Waals surface area contributed by atoms with E-state index >= 15 is 0 Å². The molecule has 0 aliphatic heterocycles. The molecule has 36 heavy (non-hydrogen) atoms. The third kappa shape index (κ3) is 5.77. The number of nitrogens with zero attached hydrogens (tertiary/aromatic N) is 3. The molecule has 0 unspecified atom stereocenters. The van der Waals surface area contributed by atoms with Gasteiger partial charge in [-0.3, -0.25) is 4.79 Å². The Morgan fingerprint density at radius 3 is 2.50 bits per heavy atom. The van der Waals surface area contributed by atoms with Crippen molar-refractivity contribution in [3.05, 3.63) is 48.0 Å². The van der Waals surface area contributed by atoms with E-state index in [1.807, 2.05) is 19.1 Å². The molecule has 1 aromatic heterocycles. The molecule has 9 heteroatoms. The first-order valence-corrected chi connectivity index (χ1v) is 12.3. The fourth-order valence-electron chi connectivity index (χ4n) is 5.41. The molecule has 2 aromatic carbocycles. The minimum atomic E-state index is -4.74. The van der Waals surface area contributed by atoms with Crippen molar-refractivity contribution in [3.8, 4) is 5.75 Å². The van der Waals surface area contributed by atoms with Crippen LogP contribution in [0, 0.1) is 11.3 Å². The smallest absolute Gasteiger partial charge is 0.406 e. The van der Waals surface area contributed by atoms with Crippen molar-refractivity contribution >= 4 is 28.6 Å². The summed E-state index contributed by atoms with van der Waals surface area (Å²) in [5.74, 6) is 0.767. The molecule has 1 saturated carbocycles. The number of carbonyl (C=O) groups excluding carboxylic acids is 1. The molecule has 6 nitrogen and oxygen atoms in total. The van der Waals surface area contributed by atoms with Crippen molar-refractivity contribution in [3.63, 3.8) is 0 Å². The second kappa shape index (κ2) is 9.67. The number of amides is 1. The summed E-state index contributed by atoms with van der Waals surface area (Å²) in [4.78, 5) is 19.4. The molecule has 0 bridgehead atoms. The summed E-state index contributed by atoms with van der Waals surface area (Å²) in [6.07, 6.45) is -1.70. The summed E-state index contributed by atoms with van der Waals surface area (Å²) < 4.78 is 43.8. The van der Waals surface area contributed by atoms with Crippen molar-refractivity contribution < 1.29 is 22.7 Å². The van der Waals surface area contributed by atoms with Gasteiger partial charge in [0, 0.05) is 30.9 Å². The minimum absolute atomic E-state index is 0.0562. The number of fused-ring (bicyclic) bond motifs is 1. The van der Waals surface area contributed by atoms with Gasteiger partial charge in [0.25, 0.3) is 5.91 Å². The van der Waals surface area contributed by atoms with Gasteiger partial charge in [0.15, 0.2) is 0 Å². The summed E-state index contributed by atoms with van der Waals surface area (Å²) in [7, 11) is 1.77. The maximum atomic E-state index is 12.9. The monoisotopic (exact) mass is 502 g/mol. The minimum Gasteiger partial charge on any atom is -0.406 e. The summed E-state index contributed by atoms with van der Waals surface area (Å²) in [5.41, 5.74) is 2.94. The van der Waals surface area contributed by atoms with E-state index in [0.29, 0.717) is 29.7 Å². The molecule has 1 aliphatic rings. The first-order valence-electron chi connectivity index (χ1n) is 12.3. The number of ether oxygens (including phenoxy) is 1. The van der Waals surface area contributed by atoms with Crippen LogP contribution in [-0.4, -0.2) is 40.3 Å². The maximum Gasteiger partial charge on any atom is 0.573 e. The van der Waals surface area contributed by atoms with Gasteiger partial charge in [-0.2, -0.15) is 0 Å². The van der Waals surface area contributed by atoms with Gasteiger partial charge in [-0.25, -0.2) is 4.98 Å². The molecular weight excluding hydrogens is 469 g/mol. The Morgan fingerprint density at radius 1 is 1.19 bits per heavy atom. The fraction of sp³-hybridized carbons (Fsp3) is 0.481. The fourth-order valence-corrected chi connectivity index (χ4v) is 5.41. The summed E-state index contributed by atoms with van der Waals surface area (Å²) in [5, 5.41) is 3.29. The summed E-state index contributed by atoms with van der Waals surface area (Å²) in [6.45, 7) is 9.33. The van der Waals surface area contributed by atoms with E-state index in [1.165, 1.54) is 24.3 Å². The van der Waals surface area contributed by atoms with E-state index in [-0.39, 0.29) is 23.1 Å². The van der Waals surface area contributed by atoms with E-state index in [0.717, 1.165) is 30.3 Å². The highest BCUT2D eigenvalue weighted by Gasteiger charge is 2.35. The van der Waals surface area contributed by atoms with E-state index in [4.69, 9.17) is 4.98 Å². The number of hydrogen-bond donors (Lipinski definition) is 1. The van der Waals surface area contributed by atoms with Gasteiger partial charge in [0.2, 0.25) is 5.95 Å². The topological polar surface area (TPSA) is 59.4 Å². The zero-order valence-electron chi connectivity index (χ0n) is 21.3. The zero-order chi connectivity index (χ0) is 26.3. The number of anilines is 2. The Kier molecular flexibility index (Phi) is 6.94. The van der Waals surface area contributed by atoms with Crippen molar-refractivity contribution in [2.45, 2.75) is 59.4 Å². The average molecular weight is 503 g/mol. The highest BCUT2D eigenvalue weighted by atomic mass is 19.4. The lowest BCUT2D eigenvalue weighted by molar-refractivity contribution is -0.274. The van der Waals surface area contributed by atoms with Crippen LogP contribution in [0.25, 0.3) is 11.0 Å². The molecule has 0 saturated heterocycles. The molecule has 2 atom stereocenters. The molecule has 4 rings (SSSR count). The SMILES string of the molecule is CCN(C)C(=O)c1ccc2nc(Nc3ccc(OC(F)(F)F)cc3)n([C@@H]3C[C@H](C)CC(C)(C)C3)c2c1. The van der Waals surface area contributed by atoms with Gasteiger partial charge in [0.05, 0.1) is 11.0 Å². The van der Waals surface area contributed by atoms with Crippen molar-refractivity contribution in [2.24, 2.45) is 11.3 Å². The number of hydrogen-bond acceptors (Lipinski definition) is 4. The number of benzene rings is 2. The van der Waals surface area contributed by atoms with Gasteiger partial charge < -0.3 is 19.5 Å². The van der Waals surface area contributed by atoms with Gasteiger partial charge >= 0.3 is 6.36 Å². The van der Waals surface area contributed by atoms with E-state index in [1.54, 1.807) is 18.0 Å². The third-order valence-corrected chi connectivity index (χ3v) is 6.83. The second-order valence-electron chi connectivity index (χ2n) is 10.6. The van der Waals surface area contributed by atoms with Crippen LogP contribution in [0.1, 0.15) is 63.4 Å². The molecule has 1 amide bonds. The number of nitrogens with one attached hydrogen (secondary N) is 1. The van der Waals surface area contributed by atoms with Crippen LogP contribution in [0.15, 0.2) is 42.5 Å². The lowest BCUT2D eigenvalue weighted by atomic mass is 9.70. The molecule has 1 aliphatic carbocycles. The molecule has 0 spiro atoms. The molecule has 1 fully saturated rings. The van der Waals surface area contributed by atoms with Crippen molar-refractivity contribution in [1.82, 2.24) is 14.5 Å². The molecular formula is C27H33F3N4O2. The standard InChI is InChI=1S/C27H33F3N4O2/c1-6-33(5)24(35)18-7-12-22-23(14-18)34(20-13-17(2)15-26(3,4)16-20)25(32-22)31-19-8-10-21(11-9-19)36-27(28,29)30/h7-12,14,17,20H,6,13,15-16H2,1-5H3,(H,31,32)/t17-,20+/m0/s1. The third-order valence-electron chi connectivity index (χ3n) is 6.83. The summed E-state index contributed by atoms with van der Waals surface area (Å²) >= 11 is 0. The number of rotatable bonds is 6. The quantitative estimate of drug-likeness (QED) is 0.389. The van der Waals surface area contributed by atoms with Crippen LogP contribution in [0.4, 0.5) is 24.8 Å². The molecule has 0 radical (unpaired) electrons. The summed E-state index contributed by atoms with van der Waals surface area (Å²) in [6, 6.07) is 11.3. The van der Waals surface area contributed by atoms with Crippen LogP contribution in [-0.2, 0) is 0 Å². The van der Waals surface area contributed by atoms with Crippen LogP contribution < -0.4 is 10.1 Å². The number of carbonyl (C=O) groups is 1. The maximum absolute atomic E-state index is 12.9. The lowest BCUT2D eigenvalue weighted by Gasteiger charge is -2.40. The van der Waals surface area contributed by atoms with Gasteiger partial charge in [-0.1, -0.05) is 20.8 Å². The Balaban J connectivity index is 1.75. The van der Waals surface area contributed by atoms with Gasteiger partial charge in [-0.15, -0.1) is 13.2 Å². The van der Waals surface area contributed by atoms with Gasteiger partial charge in [-0.05, 0) is 80.0 Å².